The topological polar surface area (TPSA) is 80.8 Å². The summed E-state index contributed by atoms with van der Waals surface area (Å²) in [6.07, 6.45) is 5.21. The summed E-state index contributed by atoms with van der Waals surface area (Å²) in [6, 6.07) is 3.99. The first kappa shape index (κ1) is 20.3. The quantitative estimate of drug-likeness (QED) is 0.656. The second kappa shape index (κ2) is 7.38. The molecule has 3 aliphatic rings. The van der Waals surface area contributed by atoms with Gasteiger partial charge in [-0.2, -0.15) is 0 Å². The van der Waals surface area contributed by atoms with Gasteiger partial charge in [-0.3, -0.25) is 9.59 Å². The Balaban J connectivity index is 1.24. The third-order valence-electron chi connectivity index (χ3n) is 6.49. The number of halogens is 1. The molecule has 29 heavy (non-hydrogen) atoms. The zero-order valence-corrected chi connectivity index (χ0v) is 17.3. The molecule has 0 radical (unpaired) electrons. The van der Waals surface area contributed by atoms with Gasteiger partial charge >= 0.3 is 5.97 Å². The SMILES string of the molecule is CS(=O)(=O)c1cc(F)ccc1CC1CC2(C1)CN(C(=O)CC[C@@H]1COC(=O)C1)C2. The Kier molecular flexibility index (Phi) is 5.17. The van der Waals surface area contributed by atoms with E-state index in [1.165, 1.54) is 6.07 Å². The number of hydrogen-bond donors (Lipinski definition) is 0. The van der Waals surface area contributed by atoms with Gasteiger partial charge in [-0.15, -0.1) is 0 Å². The Morgan fingerprint density at radius 2 is 2.00 bits per heavy atom. The van der Waals surface area contributed by atoms with Gasteiger partial charge in [-0.25, -0.2) is 12.8 Å². The van der Waals surface area contributed by atoms with Crippen molar-refractivity contribution in [1.29, 1.82) is 0 Å². The van der Waals surface area contributed by atoms with Crippen LogP contribution in [0.1, 0.15) is 37.7 Å². The second-order valence-electron chi connectivity index (χ2n) is 9.04. The lowest BCUT2D eigenvalue weighted by Crippen LogP contribution is -2.63. The van der Waals surface area contributed by atoms with Crippen LogP contribution in [-0.2, 0) is 30.6 Å². The van der Waals surface area contributed by atoms with Crippen molar-refractivity contribution in [3.63, 3.8) is 0 Å². The minimum absolute atomic E-state index is 0.0817. The Labute approximate surface area is 170 Å². The smallest absolute Gasteiger partial charge is 0.306 e. The van der Waals surface area contributed by atoms with E-state index < -0.39 is 15.7 Å². The molecule has 158 valence electrons. The summed E-state index contributed by atoms with van der Waals surface area (Å²) < 4.78 is 42.3. The van der Waals surface area contributed by atoms with Crippen molar-refractivity contribution in [3.8, 4) is 0 Å². The number of hydrogen-bond acceptors (Lipinski definition) is 5. The first-order valence-electron chi connectivity index (χ1n) is 10.1. The maximum absolute atomic E-state index is 13.5. The highest BCUT2D eigenvalue weighted by atomic mass is 32.2. The average Bonchev–Trinajstić information content (AvgIpc) is 2.99. The molecule has 8 heteroatoms. The van der Waals surface area contributed by atoms with Crippen LogP contribution in [0, 0.1) is 23.1 Å². The minimum atomic E-state index is -3.47. The molecule has 1 aromatic carbocycles. The van der Waals surface area contributed by atoms with Crippen LogP contribution in [0.5, 0.6) is 0 Å². The maximum Gasteiger partial charge on any atom is 0.306 e. The van der Waals surface area contributed by atoms with E-state index in [4.69, 9.17) is 4.74 Å². The molecule has 0 aromatic heterocycles. The molecule has 1 saturated carbocycles. The Morgan fingerprint density at radius 3 is 2.62 bits per heavy atom. The predicted molar refractivity (Wildman–Crippen MR) is 103 cm³/mol. The largest absolute Gasteiger partial charge is 0.465 e. The summed E-state index contributed by atoms with van der Waals surface area (Å²) in [7, 11) is -3.47. The lowest BCUT2D eigenvalue weighted by Gasteiger charge is -2.59. The van der Waals surface area contributed by atoms with E-state index in [2.05, 4.69) is 0 Å². The normalized spacial score (nSPS) is 23.6. The molecule has 0 N–H and O–H groups in total. The number of amides is 1. The van der Waals surface area contributed by atoms with Gasteiger partial charge in [0.1, 0.15) is 5.82 Å². The third-order valence-corrected chi connectivity index (χ3v) is 7.67. The number of likely N-dealkylation sites (tertiary alicyclic amines) is 1. The summed E-state index contributed by atoms with van der Waals surface area (Å²) in [5.74, 6) is -0.0577. The van der Waals surface area contributed by atoms with E-state index in [1.54, 1.807) is 6.07 Å². The van der Waals surface area contributed by atoms with Crippen LogP contribution < -0.4 is 0 Å². The molecule has 0 unspecified atom stereocenters. The lowest BCUT2D eigenvalue weighted by molar-refractivity contribution is -0.155. The zero-order valence-electron chi connectivity index (χ0n) is 16.5. The molecule has 3 fully saturated rings. The van der Waals surface area contributed by atoms with Crippen LogP contribution >= 0.6 is 0 Å². The molecule has 4 rings (SSSR count). The van der Waals surface area contributed by atoms with Gasteiger partial charge in [0.25, 0.3) is 0 Å². The zero-order chi connectivity index (χ0) is 20.8. The number of benzene rings is 1. The van der Waals surface area contributed by atoms with E-state index in [-0.39, 0.29) is 28.1 Å². The van der Waals surface area contributed by atoms with Gasteiger partial charge in [-0.05, 0) is 49.3 Å². The summed E-state index contributed by atoms with van der Waals surface area (Å²) in [6.45, 7) is 1.94. The molecule has 1 amide bonds. The van der Waals surface area contributed by atoms with Crippen molar-refractivity contribution in [1.82, 2.24) is 4.90 Å². The highest BCUT2D eigenvalue weighted by Gasteiger charge is 2.53. The Bertz CT molecular complexity index is 930. The Morgan fingerprint density at radius 1 is 1.28 bits per heavy atom. The molecular formula is C21H26FNO5S. The summed E-state index contributed by atoms with van der Waals surface area (Å²) >= 11 is 0. The first-order chi connectivity index (χ1) is 13.6. The summed E-state index contributed by atoms with van der Waals surface area (Å²) in [5.41, 5.74) is 0.840. The fourth-order valence-corrected chi connectivity index (χ4v) is 6.05. The molecule has 6 nitrogen and oxygen atoms in total. The van der Waals surface area contributed by atoms with Crippen LogP contribution in [0.15, 0.2) is 23.1 Å². The number of carbonyl (C=O) groups excluding carboxylic acids is 2. The molecule has 2 heterocycles. The standard InChI is InChI=1S/C21H26FNO5S/c1-29(26,27)18-8-17(22)4-3-16(18)6-15-9-21(10-15)12-23(13-21)19(24)5-2-14-7-20(25)28-11-14/h3-4,8,14-15H,2,5-7,9-13H2,1H3/t14-/m0/s1. The number of sulfone groups is 1. The van der Waals surface area contributed by atoms with Crippen molar-refractivity contribution >= 4 is 21.7 Å². The number of cyclic esters (lactones) is 1. The highest BCUT2D eigenvalue weighted by molar-refractivity contribution is 7.90. The summed E-state index contributed by atoms with van der Waals surface area (Å²) in [4.78, 5) is 25.4. The third kappa shape index (κ3) is 4.32. The van der Waals surface area contributed by atoms with Crippen LogP contribution in [0.2, 0.25) is 0 Å². The van der Waals surface area contributed by atoms with Crippen molar-refractivity contribution < 1.29 is 27.1 Å². The minimum Gasteiger partial charge on any atom is -0.465 e. The molecule has 1 aliphatic carbocycles. The molecular weight excluding hydrogens is 397 g/mol. The fraction of sp³-hybridized carbons (Fsp3) is 0.619. The number of carbonyl (C=O) groups is 2. The Hall–Kier alpha value is -1.96. The van der Waals surface area contributed by atoms with E-state index >= 15 is 0 Å². The molecule has 2 saturated heterocycles. The van der Waals surface area contributed by atoms with Gasteiger partial charge in [0, 0.05) is 37.1 Å². The van der Waals surface area contributed by atoms with Crippen LogP contribution in [0.3, 0.4) is 0 Å². The van der Waals surface area contributed by atoms with Crippen LogP contribution in [0.4, 0.5) is 4.39 Å². The monoisotopic (exact) mass is 423 g/mol. The number of nitrogens with zero attached hydrogens (tertiary/aromatic N) is 1. The number of rotatable bonds is 6. The van der Waals surface area contributed by atoms with Gasteiger partial charge in [-0.1, -0.05) is 6.07 Å². The molecule has 1 aromatic rings. The van der Waals surface area contributed by atoms with E-state index in [0.717, 1.165) is 38.3 Å². The highest BCUT2D eigenvalue weighted by Crippen LogP contribution is 2.53. The van der Waals surface area contributed by atoms with E-state index in [1.807, 2.05) is 4.90 Å². The molecule has 2 aliphatic heterocycles. The van der Waals surface area contributed by atoms with Crippen molar-refractivity contribution in [2.24, 2.45) is 17.3 Å². The summed E-state index contributed by atoms with van der Waals surface area (Å²) in [5, 5.41) is 0. The van der Waals surface area contributed by atoms with Gasteiger partial charge in [0.15, 0.2) is 9.84 Å². The van der Waals surface area contributed by atoms with Crippen LogP contribution in [0.25, 0.3) is 0 Å². The number of esters is 1. The second-order valence-corrected chi connectivity index (χ2v) is 11.0. The van der Waals surface area contributed by atoms with Crippen molar-refractivity contribution in [2.45, 2.75) is 43.4 Å². The maximum atomic E-state index is 13.5. The van der Waals surface area contributed by atoms with E-state index in [9.17, 15) is 22.4 Å². The number of ether oxygens (including phenoxy) is 1. The molecule has 1 spiro atoms. The first-order valence-corrected chi connectivity index (χ1v) is 11.9. The predicted octanol–water partition coefficient (Wildman–Crippen LogP) is 2.35. The fourth-order valence-electron chi connectivity index (χ4n) is 5.10. The van der Waals surface area contributed by atoms with Gasteiger partial charge < -0.3 is 9.64 Å². The average molecular weight is 424 g/mol. The van der Waals surface area contributed by atoms with Crippen molar-refractivity contribution in [3.05, 3.63) is 29.6 Å². The van der Waals surface area contributed by atoms with Gasteiger partial charge in [0.05, 0.1) is 17.9 Å². The lowest BCUT2D eigenvalue weighted by atomic mass is 9.56. The van der Waals surface area contributed by atoms with E-state index in [0.29, 0.717) is 43.8 Å². The van der Waals surface area contributed by atoms with Gasteiger partial charge in [0.2, 0.25) is 5.91 Å². The van der Waals surface area contributed by atoms with Crippen LogP contribution in [-0.4, -0.2) is 51.1 Å². The molecule has 0 bridgehead atoms. The molecule has 1 atom stereocenters. The van der Waals surface area contributed by atoms with Crippen molar-refractivity contribution in [2.75, 3.05) is 26.0 Å².